The summed E-state index contributed by atoms with van der Waals surface area (Å²) in [4.78, 5) is 18.8. The first kappa shape index (κ1) is 23.8. The summed E-state index contributed by atoms with van der Waals surface area (Å²) in [5.41, 5.74) is 2.41. The van der Waals surface area contributed by atoms with Crippen LogP contribution in [-0.4, -0.2) is 59.7 Å². The molecule has 0 spiro atoms. The number of aryl methyl sites for hydroxylation is 1. The van der Waals surface area contributed by atoms with E-state index in [0.717, 1.165) is 25.1 Å². The van der Waals surface area contributed by atoms with Crippen LogP contribution in [0.25, 0.3) is 0 Å². The third kappa shape index (κ3) is 6.79. The Morgan fingerprint density at radius 2 is 2.00 bits per heavy atom. The van der Waals surface area contributed by atoms with Crippen molar-refractivity contribution in [3.63, 3.8) is 0 Å². The summed E-state index contributed by atoms with van der Waals surface area (Å²) in [7, 11) is 0. The Morgan fingerprint density at radius 1 is 1.26 bits per heavy atom. The van der Waals surface area contributed by atoms with Gasteiger partial charge in [0.15, 0.2) is 0 Å². The van der Waals surface area contributed by atoms with Crippen LogP contribution in [0.5, 0.6) is 5.75 Å². The largest absolute Gasteiger partial charge is 0.491 e. The van der Waals surface area contributed by atoms with Gasteiger partial charge in [-0.05, 0) is 68.3 Å². The smallest absolute Gasteiger partial charge is 0.237 e. The quantitative estimate of drug-likeness (QED) is 0.594. The molecular weight excluding hydrogens is 408 g/mol. The van der Waals surface area contributed by atoms with Crippen LogP contribution < -0.4 is 4.74 Å². The molecule has 0 radical (unpaired) electrons. The van der Waals surface area contributed by atoms with Gasteiger partial charge in [-0.2, -0.15) is 0 Å². The van der Waals surface area contributed by atoms with Crippen molar-refractivity contribution >= 4 is 17.2 Å². The van der Waals surface area contributed by atoms with Crippen molar-refractivity contribution in [2.24, 2.45) is 5.92 Å². The molecule has 1 aromatic heterocycles. The topological polar surface area (TPSA) is 53.0 Å². The van der Waals surface area contributed by atoms with Crippen LogP contribution in [0.3, 0.4) is 0 Å². The lowest BCUT2D eigenvalue weighted by Gasteiger charge is -2.37. The third-order valence-corrected chi connectivity index (χ3v) is 6.74. The van der Waals surface area contributed by atoms with E-state index >= 15 is 0 Å². The van der Waals surface area contributed by atoms with Gasteiger partial charge in [0.2, 0.25) is 5.91 Å². The van der Waals surface area contributed by atoms with Crippen molar-refractivity contribution in [2.75, 3.05) is 32.8 Å². The van der Waals surface area contributed by atoms with Gasteiger partial charge >= 0.3 is 0 Å². The molecule has 1 amide bonds. The van der Waals surface area contributed by atoms with Gasteiger partial charge in [0, 0.05) is 18.0 Å². The molecule has 0 aliphatic carbocycles. The second kappa shape index (κ2) is 11.1. The van der Waals surface area contributed by atoms with Crippen LogP contribution in [0, 0.1) is 12.8 Å². The molecule has 1 aliphatic rings. The van der Waals surface area contributed by atoms with Crippen LogP contribution in [0.2, 0.25) is 0 Å². The van der Waals surface area contributed by atoms with Gasteiger partial charge in [-0.1, -0.05) is 31.5 Å². The number of fused-ring (bicyclic) bond motifs is 1. The van der Waals surface area contributed by atoms with E-state index in [9.17, 15) is 9.90 Å². The molecule has 0 saturated heterocycles. The lowest BCUT2D eigenvalue weighted by Crippen LogP contribution is -2.47. The standard InChI is InChI=1S/C25H36N2O3S/c1-18(2)9-12-26(15-20(4)28)16-25(29)27-13-10-24-22(11-14-31-24)23(27)17-30-21-7-5-19(3)6-8-21/h5-8,11,14,18,20,23,28H,9-10,12-13,15-17H2,1-4H3/t20-,23-/m0/s1. The fourth-order valence-corrected chi connectivity index (χ4v) is 4.94. The summed E-state index contributed by atoms with van der Waals surface area (Å²) in [5.74, 6) is 1.50. The maximum atomic E-state index is 13.4. The van der Waals surface area contributed by atoms with Crippen molar-refractivity contribution in [1.82, 2.24) is 9.80 Å². The van der Waals surface area contributed by atoms with E-state index in [4.69, 9.17) is 4.74 Å². The molecule has 6 heteroatoms. The first-order valence-electron chi connectivity index (χ1n) is 11.3. The minimum atomic E-state index is -0.453. The van der Waals surface area contributed by atoms with Gasteiger partial charge in [0.25, 0.3) is 0 Å². The Bertz CT molecular complexity index is 832. The summed E-state index contributed by atoms with van der Waals surface area (Å²) in [6.07, 6.45) is 1.45. The van der Waals surface area contributed by atoms with Gasteiger partial charge < -0.3 is 14.7 Å². The summed E-state index contributed by atoms with van der Waals surface area (Å²) >= 11 is 1.76. The van der Waals surface area contributed by atoms with Gasteiger partial charge in [0.1, 0.15) is 12.4 Å². The van der Waals surface area contributed by atoms with E-state index in [1.165, 1.54) is 16.0 Å². The molecular formula is C25H36N2O3S. The Morgan fingerprint density at radius 3 is 2.68 bits per heavy atom. The van der Waals surface area contributed by atoms with Crippen LogP contribution in [-0.2, 0) is 11.2 Å². The fraction of sp³-hybridized carbons (Fsp3) is 0.560. The number of benzene rings is 1. The molecule has 1 N–H and O–H groups in total. The van der Waals surface area contributed by atoms with Gasteiger partial charge in [0.05, 0.1) is 18.7 Å². The van der Waals surface area contributed by atoms with E-state index in [-0.39, 0.29) is 11.9 Å². The van der Waals surface area contributed by atoms with Gasteiger partial charge in [-0.25, -0.2) is 0 Å². The highest BCUT2D eigenvalue weighted by molar-refractivity contribution is 7.10. The molecule has 0 unspecified atom stereocenters. The first-order chi connectivity index (χ1) is 14.8. The monoisotopic (exact) mass is 444 g/mol. The number of aliphatic hydroxyl groups is 1. The third-order valence-electron chi connectivity index (χ3n) is 5.75. The van der Waals surface area contributed by atoms with Crippen LogP contribution in [0.1, 0.15) is 49.2 Å². The summed E-state index contributed by atoms with van der Waals surface area (Å²) < 4.78 is 6.11. The Hall–Kier alpha value is -1.89. The SMILES string of the molecule is Cc1ccc(OC[C@H]2c3ccsc3CCN2C(=O)CN(CCC(C)C)C[C@H](C)O)cc1. The van der Waals surface area contributed by atoms with Crippen molar-refractivity contribution in [1.29, 1.82) is 0 Å². The predicted molar refractivity (Wildman–Crippen MR) is 127 cm³/mol. The highest BCUT2D eigenvalue weighted by Gasteiger charge is 2.33. The normalized spacial score (nSPS) is 17.1. The highest BCUT2D eigenvalue weighted by atomic mass is 32.1. The zero-order chi connectivity index (χ0) is 22.4. The number of hydrogen-bond acceptors (Lipinski definition) is 5. The molecule has 0 fully saturated rings. The zero-order valence-electron chi connectivity index (χ0n) is 19.2. The first-order valence-corrected chi connectivity index (χ1v) is 12.2. The molecule has 1 aliphatic heterocycles. The lowest BCUT2D eigenvalue weighted by atomic mass is 10.00. The van der Waals surface area contributed by atoms with Crippen molar-refractivity contribution in [3.8, 4) is 5.75 Å². The molecule has 0 saturated carbocycles. The number of amides is 1. The van der Waals surface area contributed by atoms with Crippen LogP contribution in [0.15, 0.2) is 35.7 Å². The van der Waals surface area contributed by atoms with Gasteiger partial charge in [-0.15, -0.1) is 11.3 Å². The number of rotatable bonds is 10. The molecule has 5 nitrogen and oxygen atoms in total. The van der Waals surface area contributed by atoms with Crippen molar-refractivity contribution in [2.45, 2.75) is 52.7 Å². The predicted octanol–water partition coefficient (Wildman–Crippen LogP) is 4.29. The Balaban J connectivity index is 1.71. The average molecular weight is 445 g/mol. The number of carbonyl (C=O) groups is 1. The minimum Gasteiger partial charge on any atom is -0.491 e. The zero-order valence-corrected chi connectivity index (χ0v) is 20.0. The Kier molecular flexibility index (Phi) is 8.52. The van der Waals surface area contributed by atoms with E-state index < -0.39 is 6.10 Å². The minimum absolute atomic E-state index is 0.0812. The molecule has 0 bridgehead atoms. The number of thiophene rings is 1. The number of carbonyl (C=O) groups excluding carboxylic acids is 1. The number of nitrogens with zero attached hydrogens (tertiary/aromatic N) is 2. The number of aliphatic hydroxyl groups excluding tert-OH is 1. The average Bonchev–Trinajstić information content (AvgIpc) is 3.20. The number of ether oxygens (including phenoxy) is 1. The molecule has 170 valence electrons. The highest BCUT2D eigenvalue weighted by Crippen LogP contribution is 2.34. The van der Waals surface area contributed by atoms with E-state index in [2.05, 4.69) is 37.1 Å². The van der Waals surface area contributed by atoms with Gasteiger partial charge in [-0.3, -0.25) is 9.69 Å². The lowest BCUT2D eigenvalue weighted by molar-refractivity contribution is -0.136. The summed E-state index contributed by atoms with van der Waals surface area (Å²) in [5, 5.41) is 12.0. The second-order valence-electron chi connectivity index (χ2n) is 9.04. The van der Waals surface area contributed by atoms with E-state index in [0.29, 0.717) is 32.2 Å². The molecule has 2 atom stereocenters. The second-order valence-corrected chi connectivity index (χ2v) is 10.0. The Labute approximate surface area is 190 Å². The summed E-state index contributed by atoms with van der Waals surface area (Å²) in [6, 6.07) is 10.1. The maximum Gasteiger partial charge on any atom is 0.237 e. The molecule has 1 aromatic carbocycles. The van der Waals surface area contributed by atoms with Crippen LogP contribution >= 0.6 is 11.3 Å². The van der Waals surface area contributed by atoms with E-state index in [1.54, 1.807) is 18.3 Å². The number of hydrogen-bond donors (Lipinski definition) is 1. The molecule has 31 heavy (non-hydrogen) atoms. The maximum absolute atomic E-state index is 13.4. The fourth-order valence-electron chi connectivity index (χ4n) is 4.02. The van der Waals surface area contributed by atoms with Crippen molar-refractivity contribution < 1.29 is 14.6 Å². The molecule has 2 aromatic rings. The van der Waals surface area contributed by atoms with Crippen molar-refractivity contribution in [3.05, 3.63) is 51.7 Å². The van der Waals surface area contributed by atoms with E-state index in [1.807, 2.05) is 29.2 Å². The summed E-state index contributed by atoms with van der Waals surface area (Å²) in [6.45, 7) is 11.0. The molecule has 3 rings (SSSR count). The molecule has 2 heterocycles. The van der Waals surface area contributed by atoms with Crippen LogP contribution in [0.4, 0.5) is 0 Å².